The zero-order chi connectivity index (χ0) is 20.3. The molecule has 1 atom stereocenters. The molecule has 0 spiro atoms. The Labute approximate surface area is 175 Å². The summed E-state index contributed by atoms with van der Waals surface area (Å²) in [6.07, 6.45) is 1.28. The molecule has 3 aromatic rings. The number of hydrogen-bond acceptors (Lipinski definition) is 5. The highest BCUT2D eigenvalue weighted by atomic mass is 16.5. The summed E-state index contributed by atoms with van der Waals surface area (Å²) in [5, 5.41) is 8.86. The van der Waals surface area contributed by atoms with Crippen molar-refractivity contribution in [2.75, 3.05) is 43.1 Å². The van der Waals surface area contributed by atoms with Crippen LogP contribution >= 0.6 is 0 Å². The first-order valence-electron chi connectivity index (χ1n) is 10.6. The number of morpholine rings is 1. The first-order valence-corrected chi connectivity index (χ1v) is 10.6. The topological polar surface area (TPSA) is 68.6 Å². The van der Waals surface area contributed by atoms with Crippen molar-refractivity contribution in [3.63, 3.8) is 0 Å². The second-order valence-corrected chi connectivity index (χ2v) is 7.75. The second kappa shape index (κ2) is 8.45. The van der Waals surface area contributed by atoms with Crippen LogP contribution in [0.1, 0.15) is 18.4 Å². The van der Waals surface area contributed by atoms with Crippen molar-refractivity contribution in [2.45, 2.75) is 25.5 Å². The monoisotopic (exact) mass is 406 g/mol. The molecule has 2 saturated heterocycles. The number of carbonyl (C=O) groups excluding carboxylic acids is 1. The number of hydrogen-bond donors (Lipinski definition) is 1. The number of aromatic nitrogens is 2. The van der Waals surface area contributed by atoms with Crippen molar-refractivity contribution in [1.82, 2.24) is 9.78 Å². The zero-order valence-corrected chi connectivity index (χ0v) is 16.9. The Kier molecular flexibility index (Phi) is 5.38. The van der Waals surface area contributed by atoms with Gasteiger partial charge in [-0.3, -0.25) is 9.48 Å². The van der Waals surface area contributed by atoms with Gasteiger partial charge in [0, 0.05) is 19.7 Å². The van der Waals surface area contributed by atoms with E-state index in [1.807, 2.05) is 22.9 Å². The van der Waals surface area contributed by atoms with E-state index in [1.54, 1.807) is 0 Å². The van der Waals surface area contributed by atoms with Crippen LogP contribution in [0.3, 0.4) is 0 Å². The van der Waals surface area contributed by atoms with Crippen molar-refractivity contribution in [1.29, 1.82) is 0 Å². The maximum atomic E-state index is 12.8. The highest BCUT2D eigenvalue weighted by Gasteiger charge is 2.27. The van der Waals surface area contributed by atoms with E-state index < -0.39 is 6.10 Å². The SMILES string of the molecule is O=C(Nc1nn(Cc2ccccc2)c2cccc(N3CCOCC3)c12)[C@H]1CCCO1. The van der Waals surface area contributed by atoms with E-state index in [9.17, 15) is 4.79 Å². The highest BCUT2D eigenvalue weighted by molar-refractivity contribution is 6.07. The molecule has 2 fully saturated rings. The number of fused-ring (bicyclic) bond motifs is 1. The van der Waals surface area contributed by atoms with Gasteiger partial charge in [-0.1, -0.05) is 36.4 Å². The van der Waals surface area contributed by atoms with Crippen molar-refractivity contribution in [3.05, 3.63) is 54.1 Å². The van der Waals surface area contributed by atoms with E-state index in [1.165, 1.54) is 0 Å². The van der Waals surface area contributed by atoms with Crippen LogP contribution in [0.4, 0.5) is 11.5 Å². The normalized spacial score (nSPS) is 19.3. The molecule has 1 amide bonds. The van der Waals surface area contributed by atoms with E-state index in [2.05, 4.69) is 40.5 Å². The molecule has 5 rings (SSSR count). The number of carbonyl (C=O) groups is 1. The van der Waals surface area contributed by atoms with Crippen molar-refractivity contribution in [2.24, 2.45) is 0 Å². The lowest BCUT2D eigenvalue weighted by Gasteiger charge is -2.29. The van der Waals surface area contributed by atoms with E-state index in [0.29, 0.717) is 32.2 Å². The Morgan fingerprint density at radius 3 is 2.67 bits per heavy atom. The molecule has 0 radical (unpaired) electrons. The van der Waals surface area contributed by atoms with Crippen LogP contribution in [0.25, 0.3) is 10.9 Å². The largest absolute Gasteiger partial charge is 0.378 e. The van der Waals surface area contributed by atoms with Crippen LogP contribution in [0.2, 0.25) is 0 Å². The third-order valence-corrected chi connectivity index (χ3v) is 5.75. The van der Waals surface area contributed by atoms with Crippen LogP contribution in [-0.2, 0) is 20.8 Å². The minimum Gasteiger partial charge on any atom is -0.378 e. The molecular formula is C23H26N4O3. The van der Waals surface area contributed by atoms with Gasteiger partial charge in [0.2, 0.25) is 0 Å². The molecule has 0 aliphatic carbocycles. The lowest BCUT2D eigenvalue weighted by molar-refractivity contribution is -0.124. The predicted molar refractivity (Wildman–Crippen MR) is 116 cm³/mol. The molecule has 1 N–H and O–H groups in total. The summed E-state index contributed by atoms with van der Waals surface area (Å²) < 4.78 is 13.1. The van der Waals surface area contributed by atoms with Crippen LogP contribution in [-0.4, -0.2) is 54.7 Å². The van der Waals surface area contributed by atoms with E-state index >= 15 is 0 Å². The summed E-state index contributed by atoms with van der Waals surface area (Å²) in [6.45, 7) is 4.32. The van der Waals surface area contributed by atoms with Gasteiger partial charge in [-0.05, 0) is 30.5 Å². The summed E-state index contributed by atoms with van der Waals surface area (Å²) in [5.74, 6) is 0.485. The molecule has 2 aliphatic heterocycles. The van der Waals surface area contributed by atoms with Gasteiger partial charge in [0.25, 0.3) is 5.91 Å². The van der Waals surface area contributed by atoms with E-state index in [-0.39, 0.29) is 5.91 Å². The fraction of sp³-hybridized carbons (Fsp3) is 0.391. The molecule has 1 aromatic heterocycles. The molecule has 0 saturated carbocycles. The first-order chi connectivity index (χ1) is 14.8. The Bertz CT molecular complexity index is 1020. The van der Waals surface area contributed by atoms with Crippen LogP contribution < -0.4 is 10.2 Å². The van der Waals surface area contributed by atoms with Crippen molar-refractivity contribution in [3.8, 4) is 0 Å². The minimum absolute atomic E-state index is 0.115. The number of ether oxygens (including phenoxy) is 2. The minimum atomic E-state index is -0.394. The smallest absolute Gasteiger partial charge is 0.254 e. The van der Waals surface area contributed by atoms with Gasteiger partial charge in [0.05, 0.1) is 36.3 Å². The van der Waals surface area contributed by atoms with Gasteiger partial charge in [-0.25, -0.2) is 0 Å². The lowest BCUT2D eigenvalue weighted by Crippen LogP contribution is -2.36. The van der Waals surface area contributed by atoms with Crippen molar-refractivity contribution >= 4 is 28.3 Å². The van der Waals surface area contributed by atoms with E-state index in [0.717, 1.165) is 48.1 Å². The Balaban J connectivity index is 1.56. The molecule has 2 aromatic carbocycles. The summed E-state index contributed by atoms with van der Waals surface area (Å²) in [6, 6.07) is 16.5. The number of amides is 1. The number of benzene rings is 2. The maximum absolute atomic E-state index is 12.8. The zero-order valence-electron chi connectivity index (χ0n) is 16.9. The molecule has 2 aliphatic rings. The third kappa shape index (κ3) is 3.78. The molecule has 3 heterocycles. The van der Waals surface area contributed by atoms with Gasteiger partial charge >= 0.3 is 0 Å². The predicted octanol–water partition coefficient (Wildman–Crippen LogP) is 3.04. The number of anilines is 2. The Morgan fingerprint density at radius 1 is 1.07 bits per heavy atom. The molecule has 0 bridgehead atoms. The van der Waals surface area contributed by atoms with Gasteiger partial charge in [-0.15, -0.1) is 0 Å². The lowest BCUT2D eigenvalue weighted by atomic mass is 10.1. The van der Waals surface area contributed by atoms with Crippen LogP contribution in [0, 0.1) is 0 Å². The van der Waals surface area contributed by atoms with Crippen LogP contribution in [0.5, 0.6) is 0 Å². The molecule has 30 heavy (non-hydrogen) atoms. The third-order valence-electron chi connectivity index (χ3n) is 5.75. The summed E-state index contributed by atoms with van der Waals surface area (Å²) in [5.41, 5.74) is 3.25. The van der Waals surface area contributed by atoms with Gasteiger partial charge < -0.3 is 19.7 Å². The summed E-state index contributed by atoms with van der Waals surface area (Å²) >= 11 is 0. The highest BCUT2D eigenvalue weighted by Crippen LogP contribution is 2.34. The fourth-order valence-electron chi connectivity index (χ4n) is 4.22. The van der Waals surface area contributed by atoms with Gasteiger partial charge in [0.15, 0.2) is 5.82 Å². The standard InChI is InChI=1S/C23H26N4O3/c28-23(20-10-5-13-30-20)24-22-21-18(26-11-14-29-15-12-26)8-4-9-19(21)27(25-22)16-17-6-2-1-3-7-17/h1-4,6-9,20H,5,10-16H2,(H,24,25,28)/t20-/m1/s1. The van der Waals surface area contributed by atoms with Gasteiger partial charge in [0.1, 0.15) is 6.10 Å². The van der Waals surface area contributed by atoms with Crippen molar-refractivity contribution < 1.29 is 14.3 Å². The molecule has 7 heteroatoms. The number of nitrogens with one attached hydrogen (secondary N) is 1. The Hall–Kier alpha value is -2.90. The fourth-order valence-corrected chi connectivity index (χ4v) is 4.22. The van der Waals surface area contributed by atoms with E-state index in [4.69, 9.17) is 14.6 Å². The quantitative estimate of drug-likeness (QED) is 0.705. The first kappa shape index (κ1) is 19.1. The number of nitrogens with zero attached hydrogens (tertiary/aromatic N) is 3. The molecule has 0 unspecified atom stereocenters. The molecular weight excluding hydrogens is 380 g/mol. The Morgan fingerprint density at radius 2 is 1.90 bits per heavy atom. The van der Waals surface area contributed by atoms with Gasteiger partial charge in [-0.2, -0.15) is 5.10 Å². The summed E-state index contributed by atoms with van der Waals surface area (Å²) in [4.78, 5) is 15.1. The second-order valence-electron chi connectivity index (χ2n) is 7.75. The average Bonchev–Trinajstić information content (AvgIpc) is 3.44. The molecule has 7 nitrogen and oxygen atoms in total. The number of rotatable bonds is 5. The maximum Gasteiger partial charge on any atom is 0.254 e. The summed E-state index contributed by atoms with van der Waals surface area (Å²) in [7, 11) is 0. The average molecular weight is 406 g/mol. The molecule has 156 valence electrons. The van der Waals surface area contributed by atoms with Crippen LogP contribution in [0.15, 0.2) is 48.5 Å².